The first-order valence-corrected chi connectivity index (χ1v) is 14.6. The zero-order valence-corrected chi connectivity index (χ0v) is 23.8. The number of anilines is 3. The lowest BCUT2D eigenvalue weighted by Gasteiger charge is -2.32. The fourth-order valence-corrected chi connectivity index (χ4v) is 5.97. The van der Waals surface area contributed by atoms with E-state index in [0.29, 0.717) is 17.5 Å². The summed E-state index contributed by atoms with van der Waals surface area (Å²) >= 11 is 1.38. The van der Waals surface area contributed by atoms with E-state index in [1.165, 1.54) is 22.5 Å². The molecule has 39 heavy (non-hydrogen) atoms. The molecule has 2 fully saturated rings. The van der Waals surface area contributed by atoms with Crippen molar-refractivity contribution < 1.29 is 9.53 Å². The van der Waals surface area contributed by atoms with Crippen LogP contribution in [0.2, 0.25) is 0 Å². The van der Waals surface area contributed by atoms with E-state index in [-0.39, 0.29) is 18.1 Å². The Balaban J connectivity index is 1.04. The van der Waals surface area contributed by atoms with Gasteiger partial charge in [-0.25, -0.2) is 0 Å². The molecule has 2 N–H and O–H groups in total. The highest BCUT2D eigenvalue weighted by Gasteiger charge is 2.26. The summed E-state index contributed by atoms with van der Waals surface area (Å²) in [6, 6.07) is 10.6. The predicted molar refractivity (Wildman–Crippen MR) is 154 cm³/mol. The maximum atomic E-state index is 12.7. The van der Waals surface area contributed by atoms with E-state index in [1.54, 1.807) is 6.20 Å². The van der Waals surface area contributed by atoms with E-state index in [9.17, 15) is 4.79 Å². The summed E-state index contributed by atoms with van der Waals surface area (Å²) < 4.78 is 6.06. The Labute approximate surface area is 234 Å². The number of nitrogens with one attached hydrogen (secondary N) is 2. The van der Waals surface area contributed by atoms with Crippen molar-refractivity contribution in [1.82, 2.24) is 25.3 Å². The molecule has 208 valence electrons. The normalized spacial score (nSPS) is 18.5. The molecule has 1 aromatic carbocycles. The number of amides is 1. The standard InChI is InChI=1S/C28H38N8O2S/c1-19(2)38-24-15-20(3)6-7-22(24)17-35-12-8-21(9-13-35)16-26(37)31-28-34-33-27(39-28)30-23-10-14-36(18-23)25-5-4-11-29-32-25/h4-7,11,15,19,21,23H,8-10,12-14,16-18H2,1-3H3,(H,30,33)(H,31,34,37)/t23-/m1/s1. The lowest BCUT2D eigenvalue weighted by molar-refractivity contribution is -0.117. The number of carbonyl (C=O) groups is 1. The molecular weight excluding hydrogens is 512 g/mol. The molecule has 10 nitrogen and oxygen atoms in total. The average molecular weight is 551 g/mol. The maximum absolute atomic E-state index is 12.7. The molecule has 3 aromatic rings. The number of aryl methyl sites for hydroxylation is 1. The molecule has 2 saturated heterocycles. The molecule has 1 amide bonds. The van der Waals surface area contributed by atoms with Crippen molar-refractivity contribution in [3.8, 4) is 5.75 Å². The summed E-state index contributed by atoms with van der Waals surface area (Å²) in [7, 11) is 0. The number of piperidine rings is 1. The zero-order chi connectivity index (χ0) is 27.2. The van der Waals surface area contributed by atoms with Crippen molar-refractivity contribution in [2.24, 2.45) is 5.92 Å². The summed E-state index contributed by atoms with van der Waals surface area (Å²) in [6.45, 7) is 10.8. The third-order valence-corrected chi connectivity index (χ3v) is 8.00. The van der Waals surface area contributed by atoms with Crippen LogP contribution in [0.15, 0.2) is 36.5 Å². The Morgan fingerprint density at radius 2 is 1.92 bits per heavy atom. The van der Waals surface area contributed by atoms with Crippen LogP contribution in [0.25, 0.3) is 0 Å². The van der Waals surface area contributed by atoms with Crippen molar-refractivity contribution in [3.05, 3.63) is 47.7 Å². The molecular formula is C28H38N8O2S. The number of benzene rings is 1. The second-order valence-electron chi connectivity index (χ2n) is 10.8. The van der Waals surface area contributed by atoms with E-state index in [4.69, 9.17) is 4.74 Å². The number of likely N-dealkylation sites (tertiary alicyclic amines) is 1. The van der Waals surface area contributed by atoms with Gasteiger partial charge in [0.15, 0.2) is 5.82 Å². The molecule has 2 aliphatic heterocycles. The second kappa shape index (κ2) is 12.7. The van der Waals surface area contributed by atoms with Crippen LogP contribution in [0.4, 0.5) is 16.1 Å². The summed E-state index contributed by atoms with van der Waals surface area (Å²) in [4.78, 5) is 17.4. The summed E-state index contributed by atoms with van der Waals surface area (Å²) in [5.41, 5.74) is 2.44. The second-order valence-corrected chi connectivity index (χ2v) is 11.8. The molecule has 1 atom stereocenters. The van der Waals surface area contributed by atoms with Crippen LogP contribution in [0, 0.1) is 12.8 Å². The Hall–Kier alpha value is -3.31. The molecule has 0 bridgehead atoms. The largest absolute Gasteiger partial charge is 0.491 e. The number of hydrogen-bond donors (Lipinski definition) is 2. The molecule has 0 aliphatic carbocycles. The fraction of sp³-hybridized carbons (Fsp3) is 0.536. The minimum absolute atomic E-state index is 0.0111. The van der Waals surface area contributed by atoms with Gasteiger partial charge >= 0.3 is 0 Å². The van der Waals surface area contributed by atoms with Gasteiger partial charge in [-0.1, -0.05) is 23.5 Å². The molecule has 11 heteroatoms. The monoisotopic (exact) mass is 550 g/mol. The third kappa shape index (κ3) is 7.63. The Kier molecular flexibility index (Phi) is 8.88. The van der Waals surface area contributed by atoms with Crippen LogP contribution in [0.1, 0.15) is 50.7 Å². The van der Waals surface area contributed by atoms with E-state index in [0.717, 1.165) is 68.7 Å². The van der Waals surface area contributed by atoms with Crippen molar-refractivity contribution in [1.29, 1.82) is 0 Å². The van der Waals surface area contributed by atoms with E-state index >= 15 is 0 Å². The van der Waals surface area contributed by atoms with Crippen molar-refractivity contribution >= 4 is 33.3 Å². The first-order chi connectivity index (χ1) is 18.9. The van der Waals surface area contributed by atoms with Gasteiger partial charge in [0.1, 0.15) is 5.75 Å². The number of carbonyl (C=O) groups excluding carboxylic acids is 1. The minimum Gasteiger partial charge on any atom is -0.491 e. The van der Waals surface area contributed by atoms with Gasteiger partial charge < -0.3 is 20.3 Å². The summed E-state index contributed by atoms with van der Waals surface area (Å²) in [5.74, 6) is 2.25. The van der Waals surface area contributed by atoms with E-state index in [1.807, 2.05) is 12.1 Å². The van der Waals surface area contributed by atoms with Crippen LogP contribution in [0.3, 0.4) is 0 Å². The Morgan fingerprint density at radius 1 is 1.10 bits per heavy atom. The zero-order valence-electron chi connectivity index (χ0n) is 23.0. The SMILES string of the molecule is Cc1ccc(CN2CCC(CC(=O)Nc3nnc(N[C@@H]4CCN(c5cccnn5)C4)s3)CC2)c(OC(C)C)c1. The number of aromatic nitrogens is 4. The summed E-state index contributed by atoms with van der Waals surface area (Å²) in [6.07, 6.45) is 5.34. The lowest BCUT2D eigenvalue weighted by Crippen LogP contribution is -2.34. The summed E-state index contributed by atoms with van der Waals surface area (Å²) in [5, 5.41) is 24.2. The van der Waals surface area contributed by atoms with Crippen LogP contribution in [-0.2, 0) is 11.3 Å². The molecule has 4 heterocycles. The molecule has 5 rings (SSSR count). The van der Waals surface area contributed by atoms with Gasteiger partial charge in [0, 0.05) is 43.9 Å². The number of ether oxygens (including phenoxy) is 1. The quantitative estimate of drug-likeness (QED) is 0.381. The van der Waals surface area contributed by atoms with Gasteiger partial charge in [0.2, 0.25) is 16.2 Å². The average Bonchev–Trinajstić information content (AvgIpc) is 3.56. The molecule has 0 radical (unpaired) electrons. The Bertz CT molecular complexity index is 1230. The minimum atomic E-state index is 0.0111. The lowest BCUT2D eigenvalue weighted by atomic mass is 9.93. The molecule has 0 unspecified atom stereocenters. The first kappa shape index (κ1) is 27.3. The Morgan fingerprint density at radius 3 is 2.69 bits per heavy atom. The highest BCUT2D eigenvalue weighted by Crippen LogP contribution is 2.28. The van der Waals surface area contributed by atoms with E-state index < -0.39 is 0 Å². The number of hydrogen-bond acceptors (Lipinski definition) is 10. The first-order valence-electron chi connectivity index (χ1n) is 13.8. The van der Waals surface area contributed by atoms with E-state index in [2.05, 4.69) is 79.8 Å². The van der Waals surface area contributed by atoms with Crippen LogP contribution in [0.5, 0.6) is 5.75 Å². The smallest absolute Gasteiger partial charge is 0.226 e. The highest BCUT2D eigenvalue weighted by molar-refractivity contribution is 7.19. The van der Waals surface area contributed by atoms with Crippen molar-refractivity contribution in [2.45, 2.75) is 65.1 Å². The van der Waals surface area contributed by atoms with Gasteiger partial charge in [-0.3, -0.25) is 9.69 Å². The third-order valence-electron chi connectivity index (χ3n) is 7.23. The molecule has 0 spiro atoms. The number of nitrogens with zero attached hydrogens (tertiary/aromatic N) is 6. The molecule has 2 aromatic heterocycles. The van der Waals surface area contributed by atoms with Gasteiger partial charge in [0.05, 0.1) is 6.10 Å². The van der Waals surface area contributed by atoms with Crippen LogP contribution in [-0.4, -0.2) is 69.5 Å². The predicted octanol–water partition coefficient (Wildman–Crippen LogP) is 4.36. The fourth-order valence-electron chi connectivity index (χ4n) is 5.23. The van der Waals surface area contributed by atoms with Gasteiger partial charge in [-0.05, 0) is 82.8 Å². The molecule has 2 aliphatic rings. The van der Waals surface area contributed by atoms with Crippen molar-refractivity contribution in [3.63, 3.8) is 0 Å². The highest BCUT2D eigenvalue weighted by atomic mass is 32.1. The van der Waals surface area contributed by atoms with Crippen LogP contribution < -0.4 is 20.3 Å². The number of rotatable bonds is 10. The molecule has 0 saturated carbocycles. The van der Waals surface area contributed by atoms with Crippen molar-refractivity contribution in [2.75, 3.05) is 41.7 Å². The topological polar surface area (TPSA) is 108 Å². The maximum Gasteiger partial charge on any atom is 0.226 e. The van der Waals surface area contributed by atoms with Gasteiger partial charge in [-0.2, -0.15) is 5.10 Å². The van der Waals surface area contributed by atoms with Gasteiger partial charge in [0.25, 0.3) is 0 Å². The van der Waals surface area contributed by atoms with Crippen LogP contribution >= 0.6 is 11.3 Å². The van der Waals surface area contributed by atoms with Gasteiger partial charge in [-0.15, -0.1) is 15.3 Å².